The SMILES string of the molecule is O=C(c1ccc(CN2C(=O)CN(C(=O)c3ccc(Cl)cc3)Cc3ccc(CN4CCOCC4)cc32)cc1)N1CC=CC1. The molecule has 0 unspecified atom stereocenters. The van der Waals surface area contributed by atoms with Gasteiger partial charge >= 0.3 is 0 Å². The highest BCUT2D eigenvalue weighted by molar-refractivity contribution is 6.30. The molecule has 6 rings (SSSR count). The highest BCUT2D eigenvalue weighted by atomic mass is 35.5. The average molecular weight is 585 g/mol. The number of hydrogen-bond donors (Lipinski definition) is 0. The molecule has 0 aromatic heterocycles. The zero-order valence-corrected chi connectivity index (χ0v) is 24.1. The molecule has 3 aliphatic heterocycles. The van der Waals surface area contributed by atoms with Crippen LogP contribution in [-0.4, -0.2) is 78.4 Å². The number of hydrogen-bond acceptors (Lipinski definition) is 5. The van der Waals surface area contributed by atoms with Gasteiger partial charge in [0.05, 0.1) is 19.8 Å². The fraction of sp³-hybridized carbons (Fsp3) is 0.303. The van der Waals surface area contributed by atoms with E-state index in [0.717, 1.165) is 42.0 Å². The molecule has 8 nitrogen and oxygen atoms in total. The second-order valence-electron chi connectivity index (χ2n) is 10.9. The standard InChI is InChI=1S/C33H33ClN4O4/c34-29-11-9-27(10-12-29)33(41)37-22-28-8-5-25(20-35-15-17-42-18-16-35)19-30(28)38(31(39)23-37)21-24-3-6-26(7-4-24)32(40)36-13-1-2-14-36/h1-12,19H,13-18,20-23H2. The fourth-order valence-electron chi connectivity index (χ4n) is 5.61. The van der Waals surface area contributed by atoms with Gasteiger partial charge in [0.1, 0.15) is 6.54 Å². The third kappa shape index (κ3) is 6.26. The minimum atomic E-state index is -0.218. The summed E-state index contributed by atoms with van der Waals surface area (Å²) < 4.78 is 5.50. The lowest BCUT2D eigenvalue weighted by atomic mass is 10.1. The Morgan fingerprint density at radius 2 is 1.36 bits per heavy atom. The maximum absolute atomic E-state index is 13.8. The number of carbonyl (C=O) groups excluding carboxylic acids is 3. The fourth-order valence-corrected chi connectivity index (χ4v) is 5.73. The number of carbonyl (C=O) groups is 3. The van der Waals surface area contributed by atoms with E-state index in [1.165, 1.54) is 0 Å². The minimum absolute atomic E-state index is 0.00754. The van der Waals surface area contributed by atoms with E-state index in [1.54, 1.807) is 39.0 Å². The molecule has 0 radical (unpaired) electrons. The third-order valence-electron chi connectivity index (χ3n) is 7.96. The Bertz CT molecular complexity index is 1490. The van der Waals surface area contributed by atoms with Gasteiger partial charge in [-0.05, 0) is 59.2 Å². The van der Waals surface area contributed by atoms with Gasteiger partial charge in [0, 0.05) is 61.1 Å². The van der Waals surface area contributed by atoms with Crippen LogP contribution in [0.1, 0.15) is 37.4 Å². The second-order valence-corrected chi connectivity index (χ2v) is 11.3. The summed E-state index contributed by atoms with van der Waals surface area (Å²) in [7, 11) is 0. The number of fused-ring (bicyclic) bond motifs is 1. The van der Waals surface area contributed by atoms with E-state index < -0.39 is 0 Å². The van der Waals surface area contributed by atoms with Crippen LogP contribution in [0.25, 0.3) is 0 Å². The molecule has 0 atom stereocenters. The molecule has 42 heavy (non-hydrogen) atoms. The molecule has 3 aromatic carbocycles. The molecule has 216 valence electrons. The van der Waals surface area contributed by atoms with E-state index in [-0.39, 0.29) is 24.3 Å². The number of halogens is 1. The molecule has 3 aromatic rings. The molecule has 3 heterocycles. The monoisotopic (exact) mass is 584 g/mol. The molecule has 0 spiro atoms. The van der Waals surface area contributed by atoms with Gasteiger partial charge in [-0.25, -0.2) is 0 Å². The normalized spacial score (nSPS) is 17.4. The van der Waals surface area contributed by atoms with Gasteiger partial charge < -0.3 is 19.4 Å². The van der Waals surface area contributed by atoms with Crippen molar-refractivity contribution in [3.63, 3.8) is 0 Å². The third-order valence-corrected chi connectivity index (χ3v) is 8.22. The van der Waals surface area contributed by atoms with Gasteiger partial charge in [0.15, 0.2) is 0 Å². The van der Waals surface area contributed by atoms with Crippen molar-refractivity contribution in [2.75, 3.05) is 50.8 Å². The Balaban J connectivity index is 1.28. The Labute approximate surface area is 250 Å². The van der Waals surface area contributed by atoms with Crippen molar-refractivity contribution < 1.29 is 19.1 Å². The molecular formula is C33H33ClN4O4. The Morgan fingerprint density at radius 3 is 2.05 bits per heavy atom. The first-order valence-corrected chi connectivity index (χ1v) is 14.6. The number of benzene rings is 3. The smallest absolute Gasteiger partial charge is 0.254 e. The van der Waals surface area contributed by atoms with Gasteiger partial charge in [0.2, 0.25) is 5.91 Å². The largest absolute Gasteiger partial charge is 0.379 e. The number of anilines is 1. The van der Waals surface area contributed by atoms with E-state index in [0.29, 0.717) is 55.5 Å². The number of ether oxygens (including phenoxy) is 1. The van der Waals surface area contributed by atoms with Crippen LogP contribution in [0.4, 0.5) is 5.69 Å². The number of nitrogens with zero attached hydrogens (tertiary/aromatic N) is 4. The van der Waals surface area contributed by atoms with Crippen molar-refractivity contribution in [1.29, 1.82) is 0 Å². The molecule has 3 aliphatic rings. The maximum Gasteiger partial charge on any atom is 0.254 e. The molecule has 1 fully saturated rings. The molecule has 0 aliphatic carbocycles. The lowest BCUT2D eigenvalue weighted by Crippen LogP contribution is -2.39. The van der Waals surface area contributed by atoms with Crippen LogP contribution in [0.5, 0.6) is 0 Å². The Kier molecular flexibility index (Phi) is 8.37. The average Bonchev–Trinajstić information content (AvgIpc) is 3.52. The van der Waals surface area contributed by atoms with Crippen LogP contribution >= 0.6 is 11.6 Å². The molecule has 1 saturated heterocycles. The maximum atomic E-state index is 13.8. The van der Waals surface area contributed by atoms with E-state index in [9.17, 15) is 14.4 Å². The molecule has 9 heteroatoms. The van der Waals surface area contributed by atoms with Crippen LogP contribution in [0.2, 0.25) is 5.02 Å². The second kappa shape index (κ2) is 12.5. The summed E-state index contributed by atoms with van der Waals surface area (Å²) in [4.78, 5) is 47.6. The van der Waals surface area contributed by atoms with Crippen molar-refractivity contribution in [2.24, 2.45) is 0 Å². The predicted molar refractivity (Wildman–Crippen MR) is 161 cm³/mol. The first-order valence-electron chi connectivity index (χ1n) is 14.2. The lowest BCUT2D eigenvalue weighted by molar-refractivity contribution is -0.119. The van der Waals surface area contributed by atoms with Crippen LogP contribution in [-0.2, 0) is 29.2 Å². The molecule has 0 bridgehead atoms. The van der Waals surface area contributed by atoms with Crippen LogP contribution in [0, 0.1) is 0 Å². The number of amides is 3. The number of rotatable bonds is 6. The highest BCUT2D eigenvalue weighted by Crippen LogP contribution is 2.30. The summed E-state index contributed by atoms with van der Waals surface area (Å²) in [6.45, 7) is 5.75. The summed E-state index contributed by atoms with van der Waals surface area (Å²) in [5.74, 6) is -0.390. The van der Waals surface area contributed by atoms with Crippen LogP contribution in [0.3, 0.4) is 0 Å². The van der Waals surface area contributed by atoms with E-state index >= 15 is 0 Å². The predicted octanol–water partition coefficient (Wildman–Crippen LogP) is 4.37. The topological polar surface area (TPSA) is 73.4 Å². The number of morpholine rings is 1. The van der Waals surface area contributed by atoms with Gasteiger partial charge in [-0.3, -0.25) is 19.3 Å². The molecule has 3 amide bonds. The molecular weight excluding hydrogens is 552 g/mol. The van der Waals surface area contributed by atoms with E-state index in [2.05, 4.69) is 17.0 Å². The Morgan fingerprint density at radius 1 is 0.738 bits per heavy atom. The molecule has 0 saturated carbocycles. The first kappa shape index (κ1) is 28.2. The van der Waals surface area contributed by atoms with Gasteiger partial charge in [0.25, 0.3) is 11.8 Å². The van der Waals surface area contributed by atoms with Gasteiger partial charge in [-0.1, -0.05) is 48.0 Å². The van der Waals surface area contributed by atoms with Crippen LogP contribution < -0.4 is 4.90 Å². The van der Waals surface area contributed by atoms with E-state index in [1.807, 2.05) is 42.5 Å². The van der Waals surface area contributed by atoms with Crippen molar-refractivity contribution >= 4 is 35.0 Å². The summed E-state index contributed by atoms with van der Waals surface area (Å²) in [6, 6.07) is 20.4. The summed E-state index contributed by atoms with van der Waals surface area (Å²) in [5, 5.41) is 0.549. The van der Waals surface area contributed by atoms with Crippen molar-refractivity contribution in [3.8, 4) is 0 Å². The summed E-state index contributed by atoms with van der Waals surface area (Å²) >= 11 is 6.04. The zero-order valence-electron chi connectivity index (χ0n) is 23.4. The molecule has 0 N–H and O–H groups in total. The van der Waals surface area contributed by atoms with Crippen molar-refractivity contribution in [2.45, 2.75) is 19.6 Å². The van der Waals surface area contributed by atoms with Crippen LogP contribution in [0.15, 0.2) is 78.9 Å². The zero-order chi connectivity index (χ0) is 29.1. The Hall–Kier alpha value is -3.98. The highest BCUT2D eigenvalue weighted by Gasteiger charge is 2.30. The van der Waals surface area contributed by atoms with Gasteiger partial charge in [-0.15, -0.1) is 0 Å². The quantitative estimate of drug-likeness (QED) is 0.402. The lowest BCUT2D eigenvalue weighted by Gasteiger charge is -2.28. The first-order chi connectivity index (χ1) is 20.4. The summed E-state index contributed by atoms with van der Waals surface area (Å²) in [6.07, 6.45) is 3.98. The van der Waals surface area contributed by atoms with Crippen molar-refractivity contribution in [1.82, 2.24) is 14.7 Å². The minimum Gasteiger partial charge on any atom is -0.379 e. The van der Waals surface area contributed by atoms with Gasteiger partial charge in [-0.2, -0.15) is 0 Å². The van der Waals surface area contributed by atoms with E-state index in [4.69, 9.17) is 16.3 Å². The summed E-state index contributed by atoms with van der Waals surface area (Å²) in [5.41, 5.74) is 4.83. The van der Waals surface area contributed by atoms with Crippen molar-refractivity contribution in [3.05, 3.63) is 112 Å².